The van der Waals surface area contributed by atoms with Gasteiger partial charge in [-0.15, -0.1) is 0 Å². The van der Waals surface area contributed by atoms with E-state index in [-0.39, 0.29) is 11.7 Å². The van der Waals surface area contributed by atoms with E-state index in [0.717, 1.165) is 42.9 Å². The average Bonchev–Trinajstić information content (AvgIpc) is 3.25. The summed E-state index contributed by atoms with van der Waals surface area (Å²) >= 11 is 0. The van der Waals surface area contributed by atoms with E-state index in [2.05, 4.69) is 23.6 Å². The van der Waals surface area contributed by atoms with Crippen LogP contribution in [0.1, 0.15) is 41.5 Å². The van der Waals surface area contributed by atoms with E-state index in [0.29, 0.717) is 11.5 Å². The molecule has 2 unspecified atom stereocenters. The standard InChI is InChI=1S/C19H20FN3O/c1-12-11-19(12,23-18(24)13-4-6-14(20)7-5-13)17-9-8-15-16(22-17)3-2-10-21-15/h4-9,12,21H,2-3,10-11H2,1H3,(H,23,24). The van der Waals surface area contributed by atoms with Gasteiger partial charge in [-0.05, 0) is 61.6 Å². The Morgan fingerprint density at radius 3 is 2.75 bits per heavy atom. The van der Waals surface area contributed by atoms with Crippen molar-refractivity contribution < 1.29 is 9.18 Å². The fourth-order valence-corrected chi connectivity index (χ4v) is 3.48. The van der Waals surface area contributed by atoms with E-state index in [1.165, 1.54) is 24.3 Å². The molecule has 124 valence electrons. The molecule has 0 spiro atoms. The van der Waals surface area contributed by atoms with E-state index < -0.39 is 5.54 Å². The highest BCUT2D eigenvalue weighted by molar-refractivity contribution is 5.95. The van der Waals surface area contributed by atoms with Gasteiger partial charge >= 0.3 is 0 Å². The Balaban J connectivity index is 1.60. The number of pyridine rings is 1. The molecular weight excluding hydrogens is 305 g/mol. The predicted molar refractivity (Wildman–Crippen MR) is 90.4 cm³/mol. The molecule has 4 nitrogen and oxygen atoms in total. The zero-order valence-electron chi connectivity index (χ0n) is 13.6. The zero-order valence-corrected chi connectivity index (χ0v) is 13.6. The first kappa shape index (κ1) is 15.1. The van der Waals surface area contributed by atoms with Gasteiger partial charge in [0, 0.05) is 12.1 Å². The molecule has 2 aliphatic rings. The van der Waals surface area contributed by atoms with Crippen molar-refractivity contribution in [1.82, 2.24) is 10.3 Å². The van der Waals surface area contributed by atoms with Gasteiger partial charge in [0.15, 0.2) is 0 Å². The third-order valence-corrected chi connectivity index (χ3v) is 5.09. The normalized spacial score (nSPS) is 24.7. The lowest BCUT2D eigenvalue weighted by atomic mass is 10.0. The number of carbonyl (C=O) groups excluding carboxylic acids is 1. The highest BCUT2D eigenvalue weighted by Crippen LogP contribution is 2.51. The molecule has 2 N–H and O–H groups in total. The van der Waals surface area contributed by atoms with Crippen LogP contribution in [-0.2, 0) is 12.0 Å². The van der Waals surface area contributed by atoms with Crippen LogP contribution in [0.25, 0.3) is 0 Å². The smallest absolute Gasteiger partial charge is 0.252 e. The van der Waals surface area contributed by atoms with Crippen LogP contribution in [0.5, 0.6) is 0 Å². The van der Waals surface area contributed by atoms with Crippen LogP contribution in [0.4, 0.5) is 10.1 Å². The van der Waals surface area contributed by atoms with Crippen LogP contribution in [-0.4, -0.2) is 17.4 Å². The highest BCUT2D eigenvalue weighted by atomic mass is 19.1. The summed E-state index contributed by atoms with van der Waals surface area (Å²) < 4.78 is 13.0. The number of fused-ring (bicyclic) bond motifs is 1. The second-order valence-corrected chi connectivity index (χ2v) is 6.76. The van der Waals surface area contributed by atoms with Crippen molar-refractivity contribution in [2.24, 2.45) is 5.92 Å². The molecule has 5 heteroatoms. The van der Waals surface area contributed by atoms with E-state index in [1.807, 2.05) is 6.07 Å². The van der Waals surface area contributed by atoms with Crippen molar-refractivity contribution in [3.63, 3.8) is 0 Å². The Kier molecular flexibility index (Phi) is 3.52. The minimum absolute atomic E-state index is 0.183. The Hall–Kier alpha value is -2.43. The lowest BCUT2D eigenvalue weighted by molar-refractivity contribution is 0.0926. The summed E-state index contributed by atoms with van der Waals surface area (Å²) in [7, 11) is 0. The second kappa shape index (κ2) is 5.58. The summed E-state index contributed by atoms with van der Waals surface area (Å²) in [5, 5.41) is 6.49. The maximum Gasteiger partial charge on any atom is 0.252 e. The van der Waals surface area contributed by atoms with Gasteiger partial charge in [-0.1, -0.05) is 6.92 Å². The van der Waals surface area contributed by atoms with Gasteiger partial charge in [0.05, 0.1) is 22.6 Å². The molecule has 2 heterocycles. The highest BCUT2D eigenvalue weighted by Gasteiger charge is 2.55. The van der Waals surface area contributed by atoms with Gasteiger partial charge in [0.1, 0.15) is 5.82 Å². The number of carbonyl (C=O) groups is 1. The summed E-state index contributed by atoms with van der Waals surface area (Å²) in [5.41, 5.74) is 3.16. The Labute approximate surface area is 140 Å². The third-order valence-electron chi connectivity index (χ3n) is 5.09. The molecule has 0 radical (unpaired) electrons. The minimum Gasteiger partial charge on any atom is -0.384 e. The molecule has 2 atom stereocenters. The summed E-state index contributed by atoms with van der Waals surface area (Å²) in [6.45, 7) is 3.10. The van der Waals surface area contributed by atoms with E-state index in [9.17, 15) is 9.18 Å². The number of aromatic nitrogens is 1. The van der Waals surface area contributed by atoms with Crippen molar-refractivity contribution >= 4 is 11.6 Å². The molecule has 1 aliphatic carbocycles. The number of rotatable bonds is 3. The number of benzene rings is 1. The molecule has 1 aliphatic heterocycles. The van der Waals surface area contributed by atoms with E-state index in [4.69, 9.17) is 4.98 Å². The third kappa shape index (κ3) is 2.54. The van der Waals surface area contributed by atoms with Gasteiger partial charge in [-0.25, -0.2) is 4.39 Å². The van der Waals surface area contributed by atoms with Crippen LogP contribution >= 0.6 is 0 Å². The molecule has 0 saturated heterocycles. The second-order valence-electron chi connectivity index (χ2n) is 6.76. The summed E-state index contributed by atoms with van der Waals surface area (Å²) in [6.07, 6.45) is 2.92. The van der Waals surface area contributed by atoms with Gasteiger partial charge in [0.2, 0.25) is 0 Å². The number of hydrogen-bond donors (Lipinski definition) is 2. The molecule has 0 bridgehead atoms. The summed E-state index contributed by atoms with van der Waals surface area (Å²) in [5.74, 6) is -0.189. The monoisotopic (exact) mass is 325 g/mol. The first-order valence-electron chi connectivity index (χ1n) is 8.41. The lowest BCUT2D eigenvalue weighted by Gasteiger charge is -2.23. The van der Waals surface area contributed by atoms with E-state index >= 15 is 0 Å². The van der Waals surface area contributed by atoms with Gasteiger partial charge in [-0.3, -0.25) is 9.78 Å². The Bertz CT molecular complexity index is 790. The Morgan fingerprint density at radius 1 is 1.29 bits per heavy atom. The molecule has 1 saturated carbocycles. The molecule has 1 aromatic carbocycles. The summed E-state index contributed by atoms with van der Waals surface area (Å²) in [6, 6.07) is 9.70. The molecule has 1 fully saturated rings. The maximum absolute atomic E-state index is 13.0. The van der Waals surface area contributed by atoms with Crippen molar-refractivity contribution in [3.05, 3.63) is 59.2 Å². The SMILES string of the molecule is CC1CC1(NC(=O)c1ccc(F)cc1)c1ccc2c(n1)CCCN2. The Morgan fingerprint density at radius 2 is 2.04 bits per heavy atom. The van der Waals surface area contributed by atoms with Crippen LogP contribution < -0.4 is 10.6 Å². The van der Waals surface area contributed by atoms with Crippen LogP contribution in [0, 0.1) is 11.7 Å². The number of hydrogen-bond acceptors (Lipinski definition) is 3. The number of amides is 1. The first-order chi connectivity index (χ1) is 11.6. The summed E-state index contributed by atoms with van der Waals surface area (Å²) in [4.78, 5) is 17.4. The molecule has 24 heavy (non-hydrogen) atoms. The van der Waals surface area contributed by atoms with Crippen molar-refractivity contribution in [3.8, 4) is 0 Å². The fraction of sp³-hybridized carbons (Fsp3) is 0.368. The molecule has 1 amide bonds. The minimum atomic E-state index is -0.405. The van der Waals surface area contributed by atoms with Gasteiger partial charge in [0.25, 0.3) is 5.91 Å². The van der Waals surface area contributed by atoms with E-state index in [1.54, 1.807) is 0 Å². The number of anilines is 1. The number of nitrogens with one attached hydrogen (secondary N) is 2. The molecule has 2 aromatic rings. The molecule has 1 aromatic heterocycles. The van der Waals surface area contributed by atoms with Gasteiger partial charge in [-0.2, -0.15) is 0 Å². The number of nitrogens with zero attached hydrogens (tertiary/aromatic N) is 1. The van der Waals surface area contributed by atoms with Crippen molar-refractivity contribution in [2.45, 2.75) is 31.7 Å². The molecule has 4 rings (SSSR count). The quantitative estimate of drug-likeness (QED) is 0.911. The largest absolute Gasteiger partial charge is 0.384 e. The maximum atomic E-state index is 13.0. The van der Waals surface area contributed by atoms with Crippen molar-refractivity contribution in [2.75, 3.05) is 11.9 Å². The van der Waals surface area contributed by atoms with Crippen LogP contribution in [0.15, 0.2) is 36.4 Å². The van der Waals surface area contributed by atoms with Crippen LogP contribution in [0.3, 0.4) is 0 Å². The van der Waals surface area contributed by atoms with Gasteiger partial charge < -0.3 is 10.6 Å². The number of aryl methyl sites for hydroxylation is 1. The van der Waals surface area contributed by atoms with Crippen LogP contribution in [0.2, 0.25) is 0 Å². The van der Waals surface area contributed by atoms with Crippen molar-refractivity contribution in [1.29, 1.82) is 0 Å². The topological polar surface area (TPSA) is 54.0 Å². The first-order valence-corrected chi connectivity index (χ1v) is 8.41. The predicted octanol–water partition coefficient (Wildman–Crippen LogP) is 3.24. The number of halogens is 1. The fourth-order valence-electron chi connectivity index (χ4n) is 3.48. The average molecular weight is 325 g/mol. The molecular formula is C19H20FN3O. The zero-order chi connectivity index (χ0) is 16.7. The lowest BCUT2D eigenvalue weighted by Crippen LogP contribution is -2.37.